The van der Waals surface area contributed by atoms with Gasteiger partial charge in [0.25, 0.3) is 0 Å². The summed E-state index contributed by atoms with van der Waals surface area (Å²) in [5.41, 5.74) is -0.474. The average molecular weight is 496 g/mol. The largest absolute Gasteiger partial charge is 0.390 e. The van der Waals surface area contributed by atoms with Crippen LogP contribution in [0, 0.1) is 0 Å². The van der Waals surface area contributed by atoms with Gasteiger partial charge in [-0.25, -0.2) is 0 Å². The lowest BCUT2D eigenvalue weighted by Gasteiger charge is -2.60. The second-order valence-electron chi connectivity index (χ2n) is 10.3. The summed E-state index contributed by atoms with van der Waals surface area (Å²) < 4.78 is 18.1. The molecule has 35 heavy (non-hydrogen) atoms. The van der Waals surface area contributed by atoms with Gasteiger partial charge in [-0.2, -0.15) is 0 Å². The summed E-state index contributed by atoms with van der Waals surface area (Å²) in [4.78, 5) is 0. The van der Waals surface area contributed by atoms with Crippen LogP contribution in [0.3, 0.4) is 0 Å². The first-order valence-corrected chi connectivity index (χ1v) is 12.5. The fourth-order valence-corrected chi connectivity index (χ4v) is 5.79. The van der Waals surface area contributed by atoms with Gasteiger partial charge in [-0.05, 0) is 45.5 Å². The number of aliphatic hydroxyl groups excluding tert-OH is 2. The highest BCUT2D eigenvalue weighted by molar-refractivity contribution is 5.18. The molecule has 0 bridgehead atoms. The van der Waals surface area contributed by atoms with Crippen molar-refractivity contribution in [2.45, 2.75) is 92.9 Å². The maximum absolute atomic E-state index is 11.7. The Morgan fingerprint density at radius 2 is 1.69 bits per heavy atom. The van der Waals surface area contributed by atoms with Crippen LogP contribution in [0.1, 0.15) is 38.2 Å². The van der Waals surface area contributed by atoms with Crippen LogP contribution in [0.5, 0.6) is 0 Å². The summed E-state index contributed by atoms with van der Waals surface area (Å²) in [5, 5.41) is 54.3. The van der Waals surface area contributed by atoms with E-state index in [4.69, 9.17) is 14.2 Å². The molecule has 1 aromatic rings. The van der Waals surface area contributed by atoms with E-state index in [9.17, 15) is 20.4 Å². The van der Waals surface area contributed by atoms with Gasteiger partial charge < -0.3 is 50.6 Å². The Bertz CT molecular complexity index is 835. The number of hydrogen-bond donors (Lipinski definition) is 7. The minimum absolute atomic E-state index is 0.0599. The van der Waals surface area contributed by atoms with Gasteiger partial charge in [-0.15, -0.1) is 0 Å². The highest BCUT2D eigenvalue weighted by Gasteiger charge is 2.68. The molecule has 0 spiro atoms. The summed E-state index contributed by atoms with van der Waals surface area (Å²) >= 11 is 0. The van der Waals surface area contributed by atoms with E-state index in [0.29, 0.717) is 12.5 Å². The number of hydrogen-bond acceptors (Lipinski definition) is 10. The minimum atomic E-state index is -2.19. The van der Waals surface area contributed by atoms with Gasteiger partial charge in [-0.1, -0.05) is 37.3 Å². The molecule has 2 aliphatic heterocycles. The SMILES string of the molecule is CN[C@@H]1[C@H](O)[C@H](NC)C2O[C@]3(O)C(OC2[C@H]1O)O[C@H](C)C[C@@]3(O)CNCCC(C)c1ccccc1. The second kappa shape index (κ2) is 10.7. The first-order valence-electron chi connectivity index (χ1n) is 12.5. The van der Waals surface area contributed by atoms with Crippen LogP contribution in [0.2, 0.25) is 0 Å². The summed E-state index contributed by atoms with van der Waals surface area (Å²) in [6, 6.07) is 8.89. The van der Waals surface area contributed by atoms with E-state index in [-0.39, 0.29) is 13.0 Å². The molecule has 11 atom stereocenters. The molecule has 0 aromatic heterocycles. The Morgan fingerprint density at radius 3 is 2.34 bits per heavy atom. The molecule has 2 saturated heterocycles. The first-order chi connectivity index (χ1) is 16.6. The van der Waals surface area contributed by atoms with E-state index < -0.39 is 60.3 Å². The van der Waals surface area contributed by atoms with Crippen molar-refractivity contribution in [2.24, 2.45) is 0 Å². The molecule has 1 aromatic carbocycles. The number of aliphatic hydroxyl groups is 4. The molecule has 4 rings (SSSR count). The zero-order valence-corrected chi connectivity index (χ0v) is 20.9. The quantitative estimate of drug-likeness (QED) is 0.225. The monoisotopic (exact) mass is 495 g/mol. The molecule has 0 amide bonds. The molecule has 10 heteroatoms. The maximum Gasteiger partial charge on any atom is 0.249 e. The predicted octanol–water partition coefficient (Wildman–Crippen LogP) is -0.980. The van der Waals surface area contributed by atoms with E-state index in [1.807, 2.05) is 18.2 Å². The Kier molecular flexibility index (Phi) is 8.19. The van der Waals surface area contributed by atoms with Gasteiger partial charge in [0.1, 0.15) is 23.9 Å². The molecular formula is C25H41N3O7. The molecule has 198 valence electrons. The lowest BCUT2D eigenvalue weighted by Crippen LogP contribution is -2.81. The third kappa shape index (κ3) is 4.89. The Morgan fingerprint density at radius 1 is 1.00 bits per heavy atom. The van der Waals surface area contributed by atoms with Crippen molar-refractivity contribution in [1.82, 2.24) is 16.0 Å². The maximum atomic E-state index is 11.7. The molecule has 0 radical (unpaired) electrons. The molecule has 3 fully saturated rings. The van der Waals surface area contributed by atoms with Gasteiger partial charge in [0, 0.05) is 13.0 Å². The van der Waals surface area contributed by atoms with Crippen molar-refractivity contribution in [2.75, 3.05) is 27.2 Å². The summed E-state index contributed by atoms with van der Waals surface area (Å²) in [5.74, 6) is -1.86. The highest BCUT2D eigenvalue weighted by Crippen LogP contribution is 2.46. The third-order valence-corrected chi connectivity index (χ3v) is 7.89. The normalized spacial score (nSPS) is 44.3. The number of benzene rings is 1. The predicted molar refractivity (Wildman–Crippen MR) is 129 cm³/mol. The second-order valence-corrected chi connectivity index (χ2v) is 10.3. The lowest BCUT2D eigenvalue weighted by molar-refractivity contribution is -0.482. The number of rotatable bonds is 8. The standard InChI is InChI=1S/C25H41N3O7/c1-14(16-8-6-5-7-9-16)10-11-28-13-24(31)12-15(2)33-23-25(24,32)35-21-18(27-4)19(29)17(26-3)20(30)22(21)34-23/h5-9,14-15,17-23,26-32H,10-13H2,1-4H3/t14?,15-,17-,18+,19+,20+,21?,22?,23?,24-,25-/m1/s1. The van der Waals surface area contributed by atoms with Crippen LogP contribution in [-0.4, -0.2) is 108 Å². The summed E-state index contributed by atoms with van der Waals surface area (Å²) in [6.45, 7) is 4.64. The van der Waals surface area contributed by atoms with Gasteiger partial charge in [0.15, 0.2) is 0 Å². The molecule has 10 nitrogen and oxygen atoms in total. The fraction of sp³-hybridized carbons (Fsp3) is 0.760. The highest BCUT2D eigenvalue weighted by atomic mass is 16.8. The number of nitrogens with one attached hydrogen (secondary N) is 3. The van der Waals surface area contributed by atoms with E-state index in [0.717, 1.165) is 6.42 Å². The number of fused-ring (bicyclic) bond motifs is 2. The van der Waals surface area contributed by atoms with Crippen LogP contribution in [0.25, 0.3) is 0 Å². The van der Waals surface area contributed by atoms with E-state index in [1.165, 1.54) is 5.56 Å². The Labute approximate surface area is 207 Å². The lowest BCUT2D eigenvalue weighted by atomic mass is 9.77. The Balaban J connectivity index is 1.48. The van der Waals surface area contributed by atoms with Crippen LogP contribution >= 0.6 is 0 Å². The molecule has 7 N–H and O–H groups in total. The number of likely N-dealkylation sites (N-methyl/N-ethyl adjacent to an activating group) is 2. The molecule has 1 saturated carbocycles. The molecule has 1 aliphatic carbocycles. The first kappa shape index (κ1) is 26.9. The average Bonchev–Trinajstić information content (AvgIpc) is 2.83. The topological polar surface area (TPSA) is 145 Å². The van der Waals surface area contributed by atoms with Crippen molar-refractivity contribution in [3.8, 4) is 0 Å². The number of ether oxygens (including phenoxy) is 3. The third-order valence-electron chi connectivity index (χ3n) is 7.89. The van der Waals surface area contributed by atoms with E-state index in [1.54, 1.807) is 21.0 Å². The smallest absolute Gasteiger partial charge is 0.249 e. The van der Waals surface area contributed by atoms with Crippen molar-refractivity contribution in [3.05, 3.63) is 35.9 Å². The minimum Gasteiger partial charge on any atom is -0.390 e. The van der Waals surface area contributed by atoms with Crippen molar-refractivity contribution in [3.63, 3.8) is 0 Å². The Hall–Kier alpha value is -1.18. The van der Waals surface area contributed by atoms with Crippen LogP contribution < -0.4 is 16.0 Å². The van der Waals surface area contributed by atoms with Gasteiger partial charge in [0.05, 0.1) is 24.3 Å². The van der Waals surface area contributed by atoms with Crippen molar-refractivity contribution < 1.29 is 34.6 Å². The van der Waals surface area contributed by atoms with Crippen LogP contribution in [0.4, 0.5) is 0 Å². The zero-order valence-electron chi connectivity index (χ0n) is 20.9. The van der Waals surface area contributed by atoms with Crippen LogP contribution in [0.15, 0.2) is 30.3 Å². The molecule has 4 unspecified atom stereocenters. The van der Waals surface area contributed by atoms with Crippen molar-refractivity contribution in [1.29, 1.82) is 0 Å². The summed E-state index contributed by atoms with van der Waals surface area (Å²) in [7, 11) is 3.31. The van der Waals surface area contributed by atoms with E-state index in [2.05, 4.69) is 35.0 Å². The molecular weight excluding hydrogens is 454 g/mol. The fourth-order valence-electron chi connectivity index (χ4n) is 5.79. The van der Waals surface area contributed by atoms with Gasteiger partial charge in [-0.3, -0.25) is 0 Å². The zero-order chi connectivity index (χ0) is 25.4. The molecule has 2 heterocycles. The van der Waals surface area contributed by atoms with Crippen LogP contribution in [-0.2, 0) is 14.2 Å². The summed E-state index contributed by atoms with van der Waals surface area (Å²) in [6.07, 6.45) is -4.67. The van der Waals surface area contributed by atoms with Gasteiger partial charge in [0.2, 0.25) is 12.1 Å². The van der Waals surface area contributed by atoms with E-state index >= 15 is 0 Å². The van der Waals surface area contributed by atoms with Gasteiger partial charge >= 0.3 is 0 Å². The van der Waals surface area contributed by atoms with Crippen molar-refractivity contribution >= 4 is 0 Å². The molecule has 3 aliphatic rings.